The Kier molecular flexibility index (Phi) is 5.16. The molecule has 1 aromatic carbocycles. The van der Waals surface area contributed by atoms with E-state index in [9.17, 15) is 4.79 Å². The highest BCUT2D eigenvalue weighted by Crippen LogP contribution is 2.25. The van der Waals surface area contributed by atoms with E-state index in [1.807, 2.05) is 45.0 Å². The van der Waals surface area contributed by atoms with Gasteiger partial charge < -0.3 is 4.74 Å². The van der Waals surface area contributed by atoms with Crippen molar-refractivity contribution < 1.29 is 9.53 Å². The second kappa shape index (κ2) is 6.16. The van der Waals surface area contributed by atoms with Crippen LogP contribution in [0.3, 0.4) is 0 Å². The summed E-state index contributed by atoms with van der Waals surface area (Å²) >= 11 is 7.25. The van der Waals surface area contributed by atoms with E-state index in [1.54, 1.807) is 0 Å². The van der Waals surface area contributed by atoms with Gasteiger partial charge in [0, 0.05) is 9.92 Å². The minimum atomic E-state index is -0.205. The first-order chi connectivity index (χ1) is 7.49. The zero-order valence-electron chi connectivity index (χ0n) is 9.57. The maximum absolute atomic E-state index is 11.6. The van der Waals surface area contributed by atoms with Crippen molar-refractivity contribution in [2.45, 2.75) is 37.0 Å². The van der Waals surface area contributed by atoms with E-state index < -0.39 is 0 Å². The molecule has 1 rings (SSSR count). The van der Waals surface area contributed by atoms with Gasteiger partial charge in [0.15, 0.2) is 0 Å². The fourth-order valence-electron chi connectivity index (χ4n) is 1.09. The lowest BCUT2D eigenvalue weighted by atomic mass is 10.4. The standard InChI is InChI=1S/C12H15ClO2S/c1-8(2)15-12(14)9(3)16-11-6-4-10(13)5-7-11/h4-9H,1-3H3. The van der Waals surface area contributed by atoms with Crippen LogP contribution in [0.15, 0.2) is 29.2 Å². The summed E-state index contributed by atoms with van der Waals surface area (Å²) in [5.74, 6) is -0.185. The lowest BCUT2D eigenvalue weighted by molar-refractivity contribution is -0.146. The number of carbonyl (C=O) groups is 1. The summed E-state index contributed by atoms with van der Waals surface area (Å²) in [4.78, 5) is 12.6. The highest BCUT2D eigenvalue weighted by Gasteiger charge is 2.16. The van der Waals surface area contributed by atoms with Gasteiger partial charge in [0.2, 0.25) is 0 Å². The minimum Gasteiger partial charge on any atom is -0.462 e. The molecule has 0 saturated heterocycles. The normalized spacial score (nSPS) is 12.6. The van der Waals surface area contributed by atoms with E-state index in [-0.39, 0.29) is 17.3 Å². The highest BCUT2D eigenvalue weighted by molar-refractivity contribution is 8.00. The molecule has 16 heavy (non-hydrogen) atoms. The van der Waals surface area contributed by atoms with Crippen LogP contribution in [-0.4, -0.2) is 17.3 Å². The van der Waals surface area contributed by atoms with Crippen molar-refractivity contribution in [3.8, 4) is 0 Å². The van der Waals surface area contributed by atoms with Crippen LogP contribution in [0.5, 0.6) is 0 Å². The zero-order valence-corrected chi connectivity index (χ0v) is 11.1. The van der Waals surface area contributed by atoms with Crippen molar-refractivity contribution in [1.82, 2.24) is 0 Å². The second-order valence-electron chi connectivity index (χ2n) is 3.70. The van der Waals surface area contributed by atoms with Crippen molar-refractivity contribution in [2.75, 3.05) is 0 Å². The van der Waals surface area contributed by atoms with Crippen LogP contribution in [0.2, 0.25) is 5.02 Å². The Bertz CT molecular complexity index is 349. The van der Waals surface area contributed by atoms with Crippen LogP contribution < -0.4 is 0 Å². The molecule has 0 radical (unpaired) electrons. The van der Waals surface area contributed by atoms with Crippen LogP contribution in [0, 0.1) is 0 Å². The molecular formula is C12H15ClO2S. The van der Waals surface area contributed by atoms with Crippen molar-refractivity contribution >= 4 is 29.3 Å². The van der Waals surface area contributed by atoms with E-state index in [4.69, 9.17) is 16.3 Å². The molecule has 0 spiro atoms. The number of carbonyl (C=O) groups excluding carboxylic acids is 1. The number of benzene rings is 1. The molecule has 88 valence electrons. The Balaban J connectivity index is 2.53. The Morgan fingerprint density at radius 1 is 1.25 bits per heavy atom. The molecule has 2 nitrogen and oxygen atoms in total. The lowest BCUT2D eigenvalue weighted by Crippen LogP contribution is -2.20. The highest BCUT2D eigenvalue weighted by atomic mass is 35.5. The van der Waals surface area contributed by atoms with E-state index in [1.165, 1.54) is 11.8 Å². The minimum absolute atomic E-state index is 0.0687. The molecule has 0 aliphatic carbocycles. The smallest absolute Gasteiger partial charge is 0.319 e. The fraction of sp³-hybridized carbons (Fsp3) is 0.417. The summed E-state index contributed by atoms with van der Waals surface area (Å²) in [6.07, 6.45) is -0.0687. The maximum Gasteiger partial charge on any atom is 0.319 e. The number of esters is 1. The van der Waals surface area contributed by atoms with Gasteiger partial charge in [-0.1, -0.05) is 11.6 Å². The molecule has 1 aromatic rings. The molecule has 1 unspecified atom stereocenters. The molecule has 0 aliphatic rings. The number of hydrogen-bond acceptors (Lipinski definition) is 3. The number of thioether (sulfide) groups is 1. The summed E-state index contributed by atoms with van der Waals surface area (Å²) < 4.78 is 5.12. The average molecular weight is 259 g/mol. The van der Waals surface area contributed by atoms with Gasteiger partial charge in [-0.25, -0.2) is 0 Å². The first kappa shape index (κ1) is 13.4. The Morgan fingerprint density at radius 3 is 2.31 bits per heavy atom. The number of halogens is 1. The number of ether oxygens (including phenoxy) is 1. The second-order valence-corrected chi connectivity index (χ2v) is 5.55. The zero-order chi connectivity index (χ0) is 12.1. The van der Waals surface area contributed by atoms with Gasteiger partial charge in [0.05, 0.1) is 6.10 Å². The number of hydrogen-bond donors (Lipinski definition) is 0. The summed E-state index contributed by atoms with van der Waals surface area (Å²) in [5.41, 5.74) is 0. The molecule has 0 bridgehead atoms. The Labute approximate surface area is 105 Å². The molecule has 0 amide bonds. The van der Waals surface area contributed by atoms with Crippen molar-refractivity contribution in [3.63, 3.8) is 0 Å². The molecule has 0 saturated carbocycles. The largest absolute Gasteiger partial charge is 0.462 e. The van der Waals surface area contributed by atoms with Gasteiger partial charge >= 0.3 is 5.97 Å². The molecular weight excluding hydrogens is 244 g/mol. The van der Waals surface area contributed by atoms with Gasteiger partial charge in [0.25, 0.3) is 0 Å². The van der Waals surface area contributed by atoms with E-state index in [2.05, 4.69) is 0 Å². The van der Waals surface area contributed by atoms with Gasteiger partial charge in [-0.2, -0.15) is 0 Å². The quantitative estimate of drug-likeness (QED) is 0.607. The van der Waals surface area contributed by atoms with Gasteiger partial charge in [-0.05, 0) is 45.0 Å². The van der Waals surface area contributed by atoms with Crippen LogP contribution in [0.4, 0.5) is 0 Å². The molecule has 0 aromatic heterocycles. The average Bonchev–Trinajstić information content (AvgIpc) is 2.20. The Hall–Kier alpha value is -0.670. The first-order valence-corrected chi connectivity index (χ1v) is 6.37. The third-order valence-corrected chi connectivity index (χ3v) is 3.15. The topological polar surface area (TPSA) is 26.3 Å². The fourth-order valence-corrected chi connectivity index (χ4v) is 2.07. The number of rotatable bonds is 4. The predicted octanol–water partition coefficient (Wildman–Crippen LogP) is 3.77. The molecule has 1 atom stereocenters. The van der Waals surface area contributed by atoms with Crippen molar-refractivity contribution in [3.05, 3.63) is 29.3 Å². The summed E-state index contributed by atoms with van der Waals surface area (Å²) in [7, 11) is 0. The van der Waals surface area contributed by atoms with E-state index in [0.29, 0.717) is 5.02 Å². The molecule has 0 heterocycles. The van der Waals surface area contributed by atoms with Gasteiger partial charge in [-0.3, -0.25) is 4.79 Å². The van der Waals surface area contributed by atoms with E-state index >= 15 is 0 Å². The molecule has 0 fully saturated rings. The Morgan fingerprint density at radius 2 is 1.81 bits per heavy atom. The third kappa shape index (κ3) is 4.45. The summed E-state index contributed by atoms with van der Waals surface area (Å²) in [6.45, 7) is 5.53. The molecule has 0 aliphatic heterocycles. The van der Waals surface area contributed by atoms with Crippen LogP contribution in [0.1, 0.15) is 20.8 Å². The predicted molar refractivity (Wildman–Crippen MR) is 68.0 cm³/mol. The summed E-state index contributed by atoms with van der Waals surface area (Å²) in [6, 6.07) is 7.41. The van der Waals surface area contributed by atoms with Crippen LogP contribution >= 0.6 is 23.4 Å². The van der Waals surface area contributed by atoms with Crippen molar-refractivity contribution in [2.24, 2.45) is 0 Å². The monoisotopic (exact) mass is 258 g/mol. The third-order valence-electron chi connectivity index (χ3n) is 1.81. The summed E-state index contributed by atoms with van der Waals surface area (Å²) in [5, 5.41) is 0.491. The van der Waals surface area contributed by atoms with Crippen LogP contribution in [-0.2, 0) is 9.53 Å². The maximum atomic E-state index is 11.6. The molecule has 0 N–H and O–H groups in total. The van der Waals surface area contributed by atoms with Gasteiger partial charge in [0.1, 0.15) is 5.25 Å². The lowest BCUT2D eigenvalue weighted by Gasteiger charge is -2.13. The molecule has 4 heteroatoms. The van der Waals surface area contributed by atoms with Crippen LogP contribution in [0.25, 0.3) is 0 Å². The van der Waals surface area contributed by atoms with Gasteiger partial charge in [-0.15, -0.1) is 11.8 Å². The van der Waals surface area contributed by atoms with E-state index in [0.717, 1.165) is 4.90 Å². The SMILES string of the molecule is CC(C)OC(=O)C(C)Sc1ccc(Cl)cc1. The first-order valence-electron chi connectivity index (χ1n) is 5.11. The van der Waals surface area contributed by atoms with Crippen molar-refractivity contribution in [1.29, 1.82) is 0 Å².